The van der Waals surface area contributed by atoms with Crippen molar-refractivity contribution in [1.82, 2.24) is 9.55 Å². The van der Waals surface area contributed by atoms with Crippen molar-refractivity contribution in [3.8, 4) is 0 Å². The molecule has 31 heavy (non-hydrogen) atoms. The van der Waals surface area contributed by atoms with Crippen LogP contribution in [0, 0.1) is 0 Å². The lowest BCUT2D eigenvalue weighted by atomic mass is 10.2. The van der Waals surface area contributed by atoms with Crippen LogP contribution in [0.3, 0.4) is 0 Å². The van der Waals surface area contributed by atoms with Crippen molar-refractivity contribution < 1.29 is 14.3 Å². The largest absolute Gasteiger partial charge is 0.456 e. The van der Waals surface area contributed by atoms with Crippen molar-refractivity contribution in [1.29, 1.82) is 0 Å². The maximum atomic E-state index is 12.4. The summed E-state index contributed by atoms with van der Waals surface area (Å²) in [5.41, 5.74) is 2.18. The number of fused-ring (bicyclic) bond motifs is 1. The number of para-hydroxylation sites is 1. The van der Waals surface area contributed by atoms with Crippen LogP contribution in [-0.2, 0) is 20.9 Å². The molecule has 1 saturated heterocycles. The van der Waals surface area contributed by atoms with Crippen molar-refractivity contribution in [2.75, 3.05) is 29.9 Å². The van der Waals surface area contributed by atoms with E-state index < -0.39 is 11.9 Å². The zero-order chi connectivity index (χ0) is 21.6. The summed E-state index contributed by atoms with van der Waals surface area (Å²) in [6, 6.07) is 14.7. The van der Waals surface area contributed by atoms with Crippen LogP contribution in [-0.4, -0.2) is 41.1 Å². The van der Waals surface area contributed by atoms with Gasteiger partial charge in [0.25, 0.3) is 11.5 Å². The average Bonchev–Trinajstić information content (AvgIpc) is 3.33. The molecule has 1 amide bonds. The summed E-state index contributed by atoms with van der Waals surface area (Å²) in [4.78, 5) is 43.0. The fraction of sp³-hybridized carbons (Fsp3) is 0.304. The van der Waals surface area contributed by atoms with Gasteiger partial charge < -0.3 is 15.0 Å². The SMILES string of the molecule is O=C(COC(=O)CCn1cnc2ccccc2c1=O)Nc1ccc(N2CCCC2)cc1. The maximum Gasteiger partial charge on any atom is 0.308 e. The summed E-state index contributed by atoms with van der Waals surface area (Å²) in [6.07, 6.45) is 3.79. The van der Waals surface area contributed by atoms with E-state index in [2.05, 4.69) is 15.2 Å². The van der Waals surface area contributed by atoms with Crippen molar-refractivity contribution >= 4 is 34.2 Å². The minimum absolute atomic E-state index is 0.0300. The number of carbonyl (C=O) groups is 2. The van der Waals surface area contributed by atoms with Gasteiger partial charge in [-0.1, -0.05) is 12.1 Å². The van der Waals surface area contributed by atoms with Gasteiger partial charge in [-0.3, -0.25) is 19.0 Å². The Morgan fingerprint density at radius 2 is 1.77 bits per heavy atom. The highest BCUT2D eigenvalue weighted by molar-refractivity contribution is 5.93. The minimum atomic E-state index is -0.556. The smallest absolute Gasteiger partial charge is 0.308 e. The van der Waals surface area contributed by atoms with Crippen molar-refractivity contribution in [3.05, 3.63) is 65.2 Å². The van der Waals surface area contributed by atoms with Crippen LogP contribution in [0.25, 0.3) is 10.9 Å². The molecule has 1 N–H and O–H groups in total. The number of nitrogens with zero attached hydrogens (tertiary/aromatic N) is 3. The lowest BCUT2D eigenvalue weighted by molar-refractivity contribution is -0.147. The number of benzene rings is 2. The fourth-order valence-corrected chi connectivity index (χ4v) is 3.62. The molecule has 1 aliphatic heterocycles. The van der Waals surface area contributed by atoms with Gasteiger partial charge >= 0.3 is 5.97 Å². The van der Waals surface area contributed by atoms with E-state index in [1.165, 1.54) is 23.7 Å². The highest BCUT2D eigenvalue weighted by Crippen LogP contribution is 2.22. The van der Waals surface area contributed by atoms with Crippen LogP contribution in [0.1, 0.15) is 19.3 Å². The van der Waals surface area contributed by atoms with Gasteiger partial charge in [-0.15, -0.1) is 0 Å². The monoisotopic (exact) mass is 420 g/mol. The zero-order valence-electron chi connectivity index (χ0n) is 17.1. The molecule has 0 atom stereocenters. The number of hydrogen-bond donors (Lipinski definition) is 1. The van der Waals surface area contributed by atoms with Crippen LogP contribution in [0.15, 0.2) is 59.7 Å². The quantitative estimate of drug-likeness (QED) is 0.591. The molecule has 1 aromatic heterocycles. The topological polar surface area (TPSA) is 93.5 Å². The van der Waals surface area contributed by atoms with E-state index >= 15 is 0 Å². The molecule has 1 aliphatic rings. The molecule has 0 saturated carbocycles. The van der Waals surface area contributed by atoms with Gasteiger partial charge in [0.15, 0.2) is 6.61 Å². The molecular formula is C23H24N4O4. The zero-order valence-corrected chi connectivity index (χ0v) is 17.1. The molecule has 4 rings (SSSR count). The van der Waals surface area contributed by atoms with Crippen molar-refractivity contribution in [2.45, 2.75) is 25.8 Å². The number of rotatable bonds is 7. The predicted octanol–water partition coefficient (Wildman–Crippen LogP) is 2.57. The second-order valence-electron chi connectivity index (χ2n) is 7.46. The molecule has 8 nitrogen and oxygen atoms in total. The summed E-state index contributed by atoms with van der Waals surface area (Å²) in [5.74, 6) is -0.966. The first-order valence-corrected chi connectivity index (χ1v) is 10.3. The molecule has 0 aliphatic carbocycles. The number of aromatic nitrogens is 2. The minimum Gasteiger partial charge on any atom is -0.456 e. The number of carbonyl (C=O) groups excluding carboxylic acids is 2. The molecule has 0 bridgehead atoms. The van der Waals surface area contributed by atoms with E-state index in [0.717, 1.165) is 18.8 Å². The Morgan fingerprint density at radius 1 is 1.03 bits per heavy atom. The van der Waals surface area contributed by atoms with E-state index in [0.29, 0.717) is 16.6 Å². The average molecular weight is 420 g/mol. The molecule has 160 valence electrons. The Balaban J connectivity index is 1.24. The Labute approximate surface area is 179 Å². The molecule has 2 heterocycles. The number of amides is 1. The summed E-state index contributed by atoms with van der Waals surface area (Å²) in [5, 5.41) is 3.21. The summed E-state index contributed by atoms with van der Waals surface area (Å²) in [6.45, 7) is 1.87. The lowest BCUT2D eigenvalue weighted by Crippen LogP contribution is -2.24. The Kier molecular flexibility index (Phi) is 6.26. The number of esters is 1. The van der Waals surface area contributed by atoms with Gasteiger partial charge in [0.1, 0.15) is 0 Å². The number of anilines is 2. The van der Waals surface area contributed by atoms with Gasteiger partial charge in [0.2, 0.25) is 0 Å². The van der Waals surface area contributed by atoms with Crippen molar-refractivity contribution in [2.24, 2.45) is 0 Å². The molecule has 0 spiro atoms. The van der Waals surface area contributed by atoms with E-state index in [1.807, 2.05) is 30.3 Å². The number of ether oxygens (including phenoxy) is 1. The lowest BCUT2D eigenvalue weighted by Gasteiger charge is -2.17. The maximum absolute atomic E-state index is 12.4. The van der Waals surface area contributed by atoms with E-state index in [-0.39, 0.29) is 25.1 Å². The Bertz CT molecular complexity index is 1130. The van der Waals surface area contributed by atoms with E-state index in [1.54, 1.807) is 18.2 Å². The molecule has 3 aromatic rings. The number of aryl methyl sites for hydroxylation is 1. The molecule has 8 heteroatoms. The van der Waals surface area contributed by atoms with Gasteiger partial charge in [0.05, 0.1) is 23.7 Å². The van der Waals surface area contributed by atoms with E-state index in [9.17, 15) is 14.4 Å². The molecule has 0 radical (unpaired) electrons. The third-order valence-electron chi connectivity index (χ3n) is 5.27. The Morgan fingerprint density at radius 3 is 2.55 bits per heavy atom. The third kappa shape index (κ3) is 5.09. The van der Waals surface area contributed by atoms with Crippen LogP contribution in [0.5, 0.6) is 0 Å². The first-order chi connectivity index (χ1) is 15.1. The van der Waals surface area contributed by atoms with Crippen LogP contribution < -0.4 is 15.8 Å². The first kappa shape index (κ1) is 20.6. The molecule has 2 aromatic carbocycles. The first-order valence-electron chi connectivity index (χ1n) is 10.3. The third-order valence-corrected chi connectivity index (χ3v) is 5.27. The van der Waals surface area contributed by atoms with Crippen LogP contribution >= 0.6 is 0 Å². The second kappa shape index (κ2) is 9.42. The molecule has 0 unspecified atom stereocenters. The normalized spacial score (nSPS) is 13.4. The standard InChI is InChI=1S/C23H24N4O4/c28-21(25-17-7-9-18(10-8-17)26-12-3-4-13-26)15-31-22(29)11-14-27-16-24-20-6-2-1-5-19(20)23(27)30/h1-2,5-10,16H,3-4,11-15H2,(H,25,28). The van der Waals surface area contributed by atoms with Gasteiger partial charge in [-0.05, 0) is 49.2 Å². The van der Waals surface area contributed by atoms with Gasteiger partial charge in [-0.2, -0.15) is 0 Å². The Hall–Kier alpha value is -3.68. The second-order valence-corrected chi connectivity index (χ2v) is 7.46. The van der Waals surface area contributed by atoms with Crippen LogP contribution in [0.4, 0.5) is 11.4 Å². The molecular weight excluding hydrogens is 396 g/mol. The highest BCUT2D eigenvalue weighted by atomic mass is 16.5. The summed E-state index contributed by atoms with van der Waals surface area (Å²) < 4.78 is 6.40. The number of nitrogens with one attached hydrogen (secondary N) is 1. The summed E-state index contributed by atoms with van der Waals surface area (Å²) >= 11 is 0. The fourth-order valence-electron chi connectivity index (χ4n) is 3.62. The highest BCUT2D eigenvalue weighted by Gasteiger charge is 2.13. The van der Waals surface area contributed by atoms with E-state index in [4.69, 9.17) is 4.74 Å². The predicted molar refractivity (Wildman–Crippen MR) is 118 cm³/mol. The summed E-state index contributed by atoms with van der Waals surface area (Å²) in [7, 11) is 0. The van der Waals surface area contributed by atoms with Gasteiger partial charge in [-0.25, -0.2) is 4.98 Å². The van der Waals surface area contributed by atoms with Crippen molar-refractivity contribution in [3.63, 3.8) is 0 Å². The molecule has 1 fully saturated rings. The number of hydrogen-bond acceptors (Lipinski definition) is 6. The van der Waals surface area contributed by atoms with Crippen LogP contribution in [0.2, 0.25) is 0 Å². The van der Waals surface area contributed by atoms with Gasteiger partial charge in [0, 0.05) is 31.0 Å².